The predicted octanol–water partition coefficient (Wildman–Crippen LogP) is 2.91. The van der Waals surface area contributed by atoms with Gasteiger partial charge in [0.25, 0.3) is 0 Å². The number of benzene rings is 1. The van der Waals surface area contributed by atoms with Gasteiger partial charge in [0.2, 0.25) is 5.95 Å². The van der Waals surface area contributed by atoms with Crippen molar-refractivity contribution in [1.82, 2.24) is 9.97 Å². The Balaban J connectivity index is 2.29. The third kappa shape index (κ3) is 3.82. The Bertz CT molecular complexity index is 686. The third-order valence-corrected chi connectivity index (χ3v) is 2.86. The number of aryl methyl sites for hydroxylation is 1. The molecule has 2 N–H and O–H groups in total. The molecule has 114 valence electrons. The highest BCUT2D eigenvalue weighted by Crippen LogP contribution is 2.20. The van der Waals surface area contributed by atoms with Crippen molar-refractivity contribution < 1.29 is 9.53 Å². The van der Waals surface area contributed by atoms with E-state index in [1.807, 2.05) is 19.1 Å². The molecule has 6 nitrogen and oxygen atoms in total. The van der Waals surface area contributed by atoms with Gasteiger partial charge in [0.15, 0.2) is 0 Å². The lowest BCUT2D eigenvalue weighted by Crippen LogP contribution is -2.08. The lowest BCUT2D eigenvalue weighted by atomic mass is 10.2. The molecule has 0 unspecified atom stereocenters. The summed E-state index contributed by atoms with van der Waals surface area (Å²) < 4.78 is 4.77. The number of methoxy groups -OCH3 is 1. The van der Waals surface area contributed by atoms with E-state index in [9.17, 15) is 4.79 Å². The molecule has 0 aliphatic rings. The van der Waals surface area contributed by atoms with Gasteiger partial charge in [-0.15, -0.1) is 6.58 Å². The average molecular weight is 298 g/mol. The second-order valence-electron chi connectivity index (χ2n) is 4.55. The molecule has 0 bridgehead atoms. The van der Waals surface area contributed by atoms with E-state index in [0.717, 1.165) is 5.69 Å². The fourth-order valence-corrected chi connectivity index (χ4v) is 1.89. The van der Waals surface area contributed by atoms with Crippen molar-refractivity contribution in [1.29, 1.82) is 0 Å². The Morgan fingerprint density at radius 2 is 2.14 bits per heavy atom. The first-order valence-corrected chi connectivity index (χ1v) is 6.79. The van der Waals surface area contributed by atoms with Crippen LogP contribution in [-0.4, -0.2) is 29.6 Å². The number of para-hydroxylation sites is 1. The first kappa shape index (κ1) is 15.5. The van der Waals surface area contributed by atoms with E-state index < -0.39 is 5.97 Å². The fraction of sp³-hybridized carbons (Fsp3) is 0.188. The number of anilines is 3. The van der Waals surface area contributed by atoms with Crippen LogP contribution in [0.1, 0.15) is 16.1 Å². The first-order chi connectivity index (χ1) is 10.6. The maximum atomic E-state index is 11.8. The number of carbonyl (C=O) groups excluding carboxylic acids is 1. The quantitative estimate of drug-likeness (QED) is 0.631. The molecule has 0 aliphatic carbocycles. The third-order valence-electron chi connectivity index (χ3n) is 2.86. The average Bonchev–Trinajstić information content (AvgIpc) is 2.52. The van der Waals surface area contributed by atoms with Crippen LogP contribution in [0, 0.1) is 6.92 Å². The predicted molar refractivity (Wildman–Crippen MR) is 86.5 cm³/mol. The zero-order chi connectivity index (χ0) is 15.9. The summed E-state index contributed by atoms with van der Waals surface area (Å²) in [4.78, 5) is 20.5. The highest BCUT2D eigenvalue weighted by atomic mass is 16.5. The standard InChI is InChI=1S/C16H18N4O2/c1-4-9-17-14-10-11(2)18-16(20-14)19-13-8-6-5-7-12(13)15(21)22-3/h4-8,10H,1,9H2,2-3H3,(H2,17,18,19,20). The number of ether oxygens (including phenoxy) is 1. The van der Waals surface area contributed by atoms with Crippen LogP contribution in [0.15, 0.2) is 43.0 Å². The number of esters is 1. The molecule has 6 heteroatoms. The molecule has 0 atom stereocenters. The Hall–Kier alpha value is -2.89. The minimum Gasteiger partial charge on any atom is -0.465 e. The smallest absolute Gasteiger partial charge is 0.339 e. The van der Waals surface area contributed by atoms with Crippen molar-refractivity contribution in [2.24, 2.45) is 0 Å². The van der Waals surface area contributed by atoms with Crippen LogP contribution in [0.4, 0.5) is 17.5 Å². The Morgan fingerprint density at radius 1 is 1.36 bits per heavy atom. The number of nitrogens with zero attached hydrogens (tertiary/aromatic N) is 2. The SMILES string of the molecule is C=CCNc1cc(C)nc(Nc2ccccc2C(=O)OC)n1. The number of hydrogen-bond acceptors (Lipinski definition) is 6. The van der Waals surface area contributed by atoms with E-state index in [4.69, 9.17) is 4.74 Å². The Labute approximate surface area is 129 Å². The minimum absolute atomic E-state index is 0.405. The molecule has 0 fully saturated rings. The van der Waals surface area contributed by atoms with E-state index in [-0.39, 0.29) is 0 Å². The molecule has 0 aliphatic heterocycles. The minimum atomic E-state index is -0.416. The first-order valence-electron chi connectivity index (χ1n) is 6.79. The van der Waals surface area contributed by atoms with Gasteiger partial charge in [-0.3, -0.25) is 0 Å². The summed E-state index contributed by atoms with van der Waals surface area (Å²) >= 11 is 0. The van der Waals surface area contributed by atoms with Crippen LogP contribution >= 0.6 is 0 Å². The van der Waals surface area contributed by atoms with Crippen molar-refractivity contribution in [2.75, 3.05) is 24.3 Å². The summed E-state index contributed by atoms with van der Waals surface area (Å²) in [6.45, 7) is 6.13. The van der Waals surface area contributed by atoms with Crippen molar-refractivity contribution in [3.05, 3.63) is 54.2 Å². The number of carbonyl (C=O) groups is 1. The van der Waals surface area contributed by atoms with Gasteiger partial charge in [-0.05, 0) is 19.1 Å². The zero-order valence-electron chi connectivity index (χ0n) is 12.6. The monoisotopic (exact) mass is 298 g/mol. The summed E-state index contributed by atoms with van der Waals surface area (Å²) in [7, 11) is 1.35. The van der Waals surface area contributed by atoms with Gasteiger partial charge < -0.3 is 15.4 Å². The number of nitrogens with one attached hydrogen (secondary N) is 2. The van der Waals surface area contributed by atoms with Gasteiger partial charge in [-0.25, -0.2) is 9.78 Å². The van der Waals surface area contributed by atoms with Gasteiger partial charge in [0, 0.05) is 18.3 Å². The normalized spacial score (nSPS) is 9.91. The second kappa shape index (κ2) is 7.21. The summed E-state index contributed by atoms with van der Waals surface area (Å²) in [5.41, 5.74) is 1.82. The van der Waals surface area contributed by atoms with E-state index in [2.05, 4.69) is 27.2 Å². The van der Waals surface area contributed by atoms with Crippen LogP contribution in [0.25, 0.3) is 0 Å². The van der Waals surface area contributed by atoms with E-state index in [1.54, 1.807) is 24.3 Å². The molecule has 0 spiro atoms. The molecule has 1 aromatic carbocycles. The largest absolute Gasteiger partial charge is 0.465 e. The maximum Gasteiger partial charge on any atom is 0.339 e. The summed E-state index contributed by atoms with van der Waals surface area (Å²) in [6, 6.07) is 8.88. The zero-order valence-corrected chi connectivity index (χ0v) is 12.6. The molecule has 0 saturated heterocycles. The summed E-state index contributed by atoms with van der Waals surface area (Å²) in [5, 5.41) is 6.17. The molecule has 2 aromatic rings. The molecule has 1 aromatic heterocycles. The lowest BCUT2D eigenvalue weighted by Gasteiger charge is -2.11. The van der Waals surface area contributed by atoms with Gasteiger partial charge >= 0.3 is 5.97 Å². The van der Waals surface area contributed by atoms with Crippen molar-refractivity contribution >= 4 is 23.4 Å². The number of rotatable bonds is 6. The molecule has 0 radical (unpaired) electrons. The van der Waals surface area contributed by atoms with E-state index >= 15 is 0 Å². The molecular formula is C16H18N4O2. The molecule has 0 amide bonds. The van der Waals surface area contributed by atoms with Gasteiger partial charge in [0.05, 0.1) is 18.4 Å². The summed E-state index contributed by atoms with van der Waals surface area (Å²) in [5.74, 6) is 0.675. The van der Waals surface area contributed by atoms with Gasteiger partial charge in [0.1, 0.15) is 5.82 Å². The molecule has 2 rings (SSSR count). The highest BCUT2D eigenvalue weighted by molar-refractivity contribution is 5.96. The molecule has 0 saturated carbocycles. The maximum absolute atomic E-state index is 11.8. The second-order valence-corrected chi connectivity index (χ2v) is 4.55. The van der Waals surface area contributed by atoms with E-state index in [1.165, 1.54) is 7.11 Å². The Kier molecular flexibility index (Phi) is 5.08. The fourth-order valence-electron chi connectivity index (χ4n) is 1.89. The highest BCUT2D eigenvalue weighted by Gasteiger charge is 2.12. The van der Waals surface area contributed by atoms with Gasteiger partial charge in [-0.2, -0.15) is 4.98 Å². The van der Waals surface area contributed by atoms with Crippen molar-refractivity contribution in [3.63, 3.8) is 0 Å². The van der Waals surface area contributed by atoms with Crippen LogP contribution in [0.3, 0.4) is 0 Å². The van der Waals surface area contributed by atoms with Crippen molar-refractivity contribution in [3.8, 4) is 0 Å². The van der Waals surface area contributed by atoms with Crippen LogP contribution < -0.4 is 10.6 Å². The van der Waals surface area contributed by atoms with Gasteiger partial charge in [-0.1, -0.05) is 18.2 Å². The number of aromatic nitrogens is 2. The van der Waals surface area contributed by atoms with Crippen molar-refractivity contribution in [2.45, 2.75) is 6.92 Å². The van der Waals surface area contributed by atoms with Crippen LogP contribution in [-0.2, 0) is 4.74 Å². The van der Waals surface area contributed by atoms with E-state index in [0.29, 0.717) is 29.6 Å². The topological polar surface area (TPSA) is 76.1 Å². The van der Waals surface area contributed by atoms with Crippen LogP contribution in [0.5, 0.6) is 0 Å². The molecule has 22 heavy (non-hydrogen) atoms. The Morgan fingerprint density at radius 3 is 2.86 bits per heavy atom. The lowest BCUT2D eigenvalue weighted by molar-refractivity contribution is 0.0602. The molecular weight excluding hydrogens is 280 g/mol. The molecule has 1 heterocycles. The summed E-state index contributed by atoms with van der Waals surface area (Å²) in [6.07, 6.45) is 1.75. The number of hydrogen-bond donors (Lipinski definition) is 2. The van der Waals surface area contributed by atoms with Crippen LogP contribution in [0.2, 0.25) is 0 Å².